The molecule has 8 nitrogen and oxygen atoms in total. The minimum atomic E-state index is -1.02. The number of hydrogen-bond donors (Lipinski definition) is 2. The SMILES string of the molecule is C=CC(=O)OC(OCCCCCCOC(OC(=O)C=C)C(C)O)C(C)O. The van der Waals surface area contributed by atoms with Crippen molar-refractivity contribution in [1.82, 2.24) is 0 Å². The Morgan fingerprint density at radius 3 is 1.42 bits per heavy atom. The summed E-state index contributed by atoms with van der Waals surface area (Å²) in [7, 11) is 0. The van der Waals surface area contributed by atoms with Gasteiger partial charge in [0, 0.05) is 12.2 Å². The second kappa shape index (κ2) is 14.4. The first-order chi connectivity index (χ1) is 12.3. The van der Waals surface area contributed by atoms with Crippen LogP contribution in [0.4, 0.5) is 0 Å². The van der Waals surface area contributed by atoms with Gasteiger partial charge in [0.2, 0.25) is 12.6 Å². The van der Waals surface area contributed by atoms with Gasteiger partial charge in [-0.1, -0.05) is 26.0 Å². The standard InChI is InChI=1S/C18H30O8/c1-5-15(21)25-17(13(3)19)23-11-9-7-8-10-12-24-18(14(4)20)26-16(22)6-2/h5-6,13-14,17-20H,1-2,7-12H2,3-4H3. The molecule has 0 saturated heterocycles. The molecule has 0 aromatic heterocycles. The van der Waals surface area contributed by atoms with Crippen molar-refractivity contribution in [1.29, 1.82) is 0 Å². The van der Waals surface area contributed by atoms with Crippen LogP contribution in [-0.4, -0.2) is 60.2 Å². The molecule has 8 heteroatoms. The largest absolute Gasteiger partial charge is 0.430 e. The molecule has 0 aliphatic heterocycles. The summed E-state index contributed by atoms with van der Waals surface area (Å²) in [5, 5.41) is 19.0. The first kappa shape index (κ1) is 24.3. The minimum Gasteiger partial charge on any atom is -0.430 e. The van der Waals surface area contributed by atoms with Crippen LogP contribution in [0.2, 0.25) is 0 Å². The molecule has 0 spiro atoms. The number of carbonyl (C=O) groups excluding carboxylic acids is 2. The van der Waals surface area contributed by atoms with E-state index in [1.54, 1.807) is 0 Å². The van der Waals surface area contributed by atoms with Crippen LogP contribution in [0.5, 0.6) is 0 Å². The fourth-order valence-electron chi connectivity index (χ4n) is 1.83. The van der Waals surface area contributed by atoms with Gasteiger partial charge in [-0.15, -0.1) is 0 Å². The minimum absolute atomic E-state index is 0.327. The van der Waals surface area contributed by atoms with Gasteiger partial charge in [-0.25, -0.2) is 9.59 Å². The van der Waals surface area contributed by atoms with Crippen molar-refractivity contribution < 1.29 is 38.7 Å². The molecular weight excluding hydrogens is 344 g/mol. The zero-order chi connectivity index (χ0) is 19.9. The Hall–Kier alpha value is -1.74. The Kier molecular flexibility index (Phi) is 13.5. The highest BCUT2D eigenvalue weighted by Crippen LogP contribution is 2.08. The van der Waals surface area contributed by atoms with Crippen LogP contribution in [0.25, 0.3) is 0 Å². The number of ether oxygens (including phenoxy) is 4. The lowest BCUT2D eigenvalue weighted by atomic mass is 10.2. The van der Waals surface area contributed by atoms with E-state index in [0.717, 1.165) is 25.0 Å². The van der Waals surface area contributed by atoms with Crippen molar-refractivity contribution in [3.63, 3.8) is 0 Å². The lowest BCUT2D eigenvalue weighted by molar-refractivity contribution is -0.197. The third kappa shape index (κ3) is 11.8. The molecule has 4 atom stereocenters. The second-order valence-electron chi connectivity index (χ2n) is 5.66. The summed E-state index contributed by atoms with van der Waals surface area (Å²) in [5.74, 6) is -1.31. The molecule has 0 aromatic carbocycles. The number of carbonyl (C=O) groups is 2. The van der Waals surface area contributed by atoms with E-state index in [1.807, 2.05) is 0 Å². The van der Waals surface area contributed by atoms with E-state index in [4.69, 9.17) is 18.9 Å². The van der Waals surface area contributed by atoms with E-state index < -0.39 is 36.7 Å². The van der Waals surface area contributed by atoms with Crippen molar-refractivity contribution in [2.24, 2.45) is 0 Å². The highest BCUT2D eigenvalue weighted by atomic mass is 16.7. The van der Waals surface area contributed by atoms with Crippen molar-refractivity contribution in [3.05, 3.63) is 25.3 Å². The molecule has 0 aromatic rings. The number of aliphatic hydroxyl groups is 2. The van der Waals surface area contributed by atoms with Gasteiger partial charge in [0.05, 0.1) is 13.2 Å². The highest BCUT2D eigenvalue weighted by Gasteiger charge is 2.20. The number of esters is 2. The van der Waals surface area contributed by atoms with Crippen molar-refractivity contribution in [2.75, 3.05) is 13.2 Å². The van der Waals surface area contributed by atoms with Gasteiger partial charge < -0.3 is 29.2 Å². The summed E-state index contributed by atoms with van der Waals surface area (Å²) in [6, 6.07) is 0. The van der Waals surface area contributed by atoms with E-state index in [2.05, 4.69) is 13.2 Å². The zero-order valence-corrected chi connectivity index (χ0v) is 15.5. The maximum absolute atomic E-state index is 11.1. The first-order valence-corrected chi connectivity index (χ1v) is 8.57. The Morgan fingerprint density at radius 1 is 0.808 bits per heavy atom. The predicted octanol–water partition coefficient (Wildman–Crippen LogP) is 1.45. The van der Waals surface area contributed by atoms with E-state index in [0.29, 0.717) is 26.1 Å². The van der Waals surface area contributed by atoms with Crippen LogP contribution in [0.15, 0.2) is 25.3 Å². The summed E-state index contributed by atoms with van der Waals surface area (Å²) in [4.78, 5) is 22.2. The molecule has 0 amide bonds. The van der Waals surface area contributed by atoms with Crippen LogP contribution in [0, 0.1) is 0 Å². The Morgan fingerprint density at radius 2 is 1.15 bits per heavy atom. The molecule has 0 aliphatic rings. The van der Waals surface area contributed by atoms with Gasteiger partial charge in [-0.05, 0) is 26.7 Å². The summed E-state index contributed by atoms with van der Waals surface area (Å²) in [5.41, 5.74) is 0. The quantitative estimate of drug-likeness (QED) is 0.192. The summed E-state index contributed by atoms with van der Waals surface area (Å²) in [6.07, 6.45) is 1.17. The van der Waals surface area contributed by atoms with Gasteiger partial charge in [0.25, 0.3) is 0 Å². The van der Waals surface area contributed by atoms with E-state index in [9.17, 15) is 19.8 Å². The lowest BCUT2D eigenvalue weighted by Crippen LogP contribution is -2.31. The molecule has 0 radical (unpaired) electrons. The topological polar surface area (TPSA) is 112 Å². The van der Waals surface area contributed by atoms with Crippen LogP contribution < -0.4 is 0 Å². The summed E-state index contributed by atoms with van der Waals surface area (Å²) < 4.78 is 20.4. The maximum Gasteiger partial charge on any atom is 0.332 e. The average Bonchev–Trinajstić information content (AvgIpc) is 2.60. The predicted molar refractivity (Wildman–Crippen MR) is 93.9 cm³/mol. The molecule has 0 rings (SSSR count). The van der Waals surface area contributed by atoms with E-state index >= 15 is 0 Å². The normalized spacial score (nSPS) is 15.4. The Balaban J connectivity index is 3.85. The highest BCUT2D eigenvalue weighted by molar-refractivity contribution is 5.81. The molecule has 150 valence electrons. The van der Waals surface area contributed by atoms with Crippen LogP contribution in [0.3, 0.4) is 0 Å². The fraction of sp³-hybridized carbons (Fsp3) is 0.667. The van der Waals surface area contributed by atoms with E-state index in [-0.39, 0.29) is 0 Å². The van der Waals surface area contributed by atoms with Gasteiger partial charge >= 0.3 is 11.9 Å². The van der Waals surface area contributed by atoms with Crippen LogP contribution in [0.1, 0.15) is 39.5 Å². The molecule has 0 heterocycles. The molecule has 4 unspecified atom stereocenters. The molecule has 0 saturated carbocycles. The van der Waals surface area contributed by atoms with Crippen molar-refractivity contribution >= 4 is 11.9 Å². The molecular formula is C18H30O8. The second-order valence-corrected chi connectivity index (χ2v) is 5.66. The lowest BCUT2D eigenvalue weighted by Gasteiger charge is -2.20. The third-order valence-electron chi connectivity index (χ3n) is 3.19. The Bertz CT molecular complexity index is 393. The Labute approximate surface area is 154 Å². The molecule has 0 bridgehead atoms. The number of hydrogen-bond acceptors (Lipinski definition) is 8. The first-order valence-electron chi connectivity index (χ1n) is 8.57. The monoisotopic (exact) mass is 374 g/mol. The summed E-state index contributed by atoms with van der Waals surface area (Å²) in [6.45, 7) is 10.2. The fourth-order valence-corrected chi connectivity index (χ4v) is 1.83. The van der Waals surface area contributed by atoms with E-state index in [1.165, 1.54) is 13.8 Å². The van der Waals surface area contributed by atoms with Crippen molar-refractivity contribution in [2.45, 2.75) is 64.3 Å². The average molecular weight is 374 g/mol. The number of aliphatic hydroxyl groups excluding tert-OH is 2. The van der Waals surface area contributed by atoms with Crippen LogP contribution in [-0.2, 0) is 28.5 Å². The van der Waals surface area contributed by atoms with Crippen molar-refractivity contribution in [3.8, 4) is 0 Å². The summed E-state index contributed by atoms with van der Waals surface area (Å²) >= 11 is 0. The molecule has 0 fully saturated rings. The molecule has 2 N–H and O–H groups in total. The van der Waals surface area contributed by atoms with Gasteiger partial charge in [0.1, 0.15) is 12.2 Å². The smallest absolute Gasteiger partial charge is 0.332 e. The third-order valence-corrected chi connectivity index (χ3v) is 3.19. The van der Waals surface area contributed by atoms with Crippen LogP contribution >= 0.6 is 0 Å². The molecule has 26 heavy (non-hydrogen) atoms. The number of rotatable bonds is 15. The van der Waals surface area contributed by atoms with Gasteiger partial charge in [0.15, 0.2) is 0 Å². The van der Waals surface area contributed by atoms with Gasteiger partial charge in [-0.2, -0.15) is 0 Å². The maximum atomic E-state index is 11.1. The number of unbranched alkanes of at least 4 members (excludes halogenated alkanes) is 3. The zero-order valence-electron chi connectivity index (χ0n) is 15.5. The molecule has 0 aliphatic carbocycles. The van der Waals surface area contributed by atoms with Gasteiger partial charge in [-0.3, -0.25) is 0 Å².